The molecule has 2 aromatic rings. The molecule has 1 amide bonds. The highest BCUT2D eigenvalue weighted by atomic mass is 35.5. The number of piperazine rings is 1. The first-order chi connectivity index (χ1) is 11.6. The van der Waals surface area contributed by atoms with Gasteiger partial charge in [0, 0.05) is 43.3 Å². The second-order valence-corrected chi connectivity index (χ2v) is 7.97. The summed E-state index contributed by atoms with van der Waals surface area (Å²) >= 11 is 7.62. The Morgan fingerprint density at radius 2 is 1.75 bits per heavy atom. The van der Waals surface area contributed by atoms with Crippen molar-refractivity contribution in [2.45, 2.75) is 13.5 Å². The van der Waals surface area contributed by atoms with Crippen molar-refractivity contribution in [2.75, 3.05) is 38.0 Å². The predicted molar refractivity (Wildman–Crippen MR) is 101 cm³/mol. The van der Waals surface area contributed by atoms with E-state index in [2.05, 4.69) is 21.2 Å². The van der Waals surface area contributed by atoms with Gasteiger partial charge in [0.05, 0.1) is 10.9 Å². The molecule has 0 unspecified atom stereocenters. The zero-order valence-electron chi connectivity index (χ0n) is 13.8. The van der Waals surface area contributed by atoms with Gasteiger partial charge < -0.3 is 5.32 Å². The maximum absolute atomic E-state index is 12.2. The molecular weight excluding hydrogens is 342 g/mol. The van der Waals surface area contributed by atoms with Crippen LogP contribution in [0.5, 0.6) is 0 Å². The fourth-order valence-electron chi connectivity index (χ4n) is 2.80. The van der Waals surface area contributed by atoms with Gasteiger partial charge in [-0.2, -0.15) is 0 Å². The van der Waals surface area contributed by atoms with Crippen molar-refractivity contribution in [1.29, 1.82) is 0 Å². The summed E-state index contributed by atoms with van der Waals surface area (Å²) in [5, 5.41) is 2.96. The predicted octanol–water partition coefficient (Wildman–Crippen LogP) is 3.47. The minimum absolute atomic E-state index is 0.0531. The van der Waals surface area contributed by atoms with Crippen LogP contribution in [0.1, 0.15) is 10.4 Å². The fourth-order valence-corrected chi connectivity index (χ4v) is 3.93. The molecule has 1 saturated heterocycles. The Balaban J connectivity index is 1.41. The Morgan fingerprint density at radius 3 is 2.38 bits per heavy atom. The van der Waals surface area contributed by atoms with Crippen molar-refractivity contribution < 1.29 is 4.79 Å². The molecule has 1 aliphatic heterocycles. The smallest absolute Gasteiger partial charge is 0.238 e. The van der Waals surface area contributed by atoms with E-state index in [1.807, 2.05) is 37.3 Å². The highest BCUT2D eigenvalue weighted by Crippen LogP contribution is 2.23. The third kappa shape index (κ3) is 5.05. The molecule has 0 bridgehead atoms. The van der Waals surface area contributed by atoms with Gasteiger partial charge in [-0.1, -0.05) is 29.3 Å². The lowest BCUT2D eigenvalue weighted by molar-refractivity contribution is -0.117. The van der Waals surface area contributed by atoms with Gasteiger partial charge in [-0.15, -0.1) is 11.3 Å². The van der Waals surface area contributed by atoms with Gasteiger partial charge in [-0.25, -0.2) is 0 Å². The monoisotopic (exact) mass is 363 g/mol. The van der Waals surface area contributed by atoms with E-state index in [1.54, 1.807) is 11.3 Å². The van der Waals surface area contributed by atoms with Crippen molar-refractivity contribution in [3.63, 3.8) is 0 Å². The lowest BCUT2D eigenvalue weighted by atomic mass is 10.2. The molecule has 0 spiro atoms. The zero-order chi connectivity index (χ0) is 16.9. The molecule has 1 fully saturated rings. The topological polar surface area (TPSA) is 35.6 Å². The lowest BCUT2D eigenvalue weighted by Crippen LogP contribution is -2.48. The molecule has 2 heterocycles. The normalized spacial score (nSPS) is 16.2. The number of rotatable bonds is 5. The largest absolute Gasteiger partial charge is 0.325 e. The number of halogens is 1. The number of anilines is 1. The highest BCUT2D eigenvalue weighted by Gasteiger charge is 2.19. The molecule has 0 atom stereocenters. The number of carbonyl (C=O) groups excluding carboxylic acids is 1. The molecule has 1 aromatic carbocycles. The van der Waals surface area contributed by atoms with E-state index in [4.69, 9.17) is 11.6 Å². The van der Waals surface area contributed by atoms with Crippen LogP contribution < -0.4 is 5.32 Å². The second-order valence-electron chi connectivity index (χ2n) is 6.17. The number of carbonyl (C=O) groups is 1. The summed E-state index contributed by atoms with van der Waals surface area (Å²) in [6.45, 7) is 7.23. The molecule has 4 nitrogen and oxygen atoms in total. The van der Waals surface area contributed by atoms with E-state index in [0.29, 0.717) is 6.54 Å². The first-order valence-corrected chi connectivity index (χ1v) is 9.33. The summed E-state index contributed by atoms with van der Waals surface area (Å²) in [5.74, 6) is 0.0531. The van der Waals surface area contributed by atoms with Crippen LogP contribution in [0.25, 0.3) is 0 Å². The van der Waals surface area contributed by atoms with Crippen molar-refractivity contribution in [3.05, 3.63) is 51.2 Å². The van der Waals surface area contributed by atoms with E-state index >= 15 is 0 Å². The summed E-state index contributed by atoms with van der Waals surface area (Å²) in [4.78, 5) is 18.1. The average Bonchev–Trinajstić information content (AvgIpc) is 2.96. The SMILES string of the molecule is Cc1ccc(NC(=O)CN2CCN(Cc3ccc(Cl)s3)CC2)cc1. The van der Waals surface area contributed by atoms with Crippen molar-refractivity contribution in [3.8, 4) is 0 Å². The Kier molecular flexibility index (Phi) is 5.89. The number of nitrogens with zero attached hydrogens (tertiary/aromatic N) is 2. The molecule has 24 heavy (non-hydrogen) atoms. The molecule has 0 aliphatic carbocycles. The van der Waals surface area contributed by atoms with Gasteiger partial charge in [0.2, 0.25) is 5.91 Å². The van der Waals surface area contributed by atoms with E-state index in [-0.39, 0.29) is 5.91 Å². The maximum Gasteiger partial charge on any atom is 0.238 e. The molecular formula is C18H22ClN3OS. The van der Waals surface area contributed by atoms with Gasteiger partial charge in [0.15, 0.2) is 0 Å². The molecule has 1 N–H and O–H groups in total. The van der Waals surface area contributed by atoms with Crippen molar-refractivity contribution in [2.24, 2.45) is 0 Å². The van der Waals surface area contributed by atoms with E-state index in [1.165, 1.54) is 10.4 Å². The van der Waals surface area contributed by atoms with Gasteiger partial charge >= 0.3 is 0 Å². The molecule has 0 radical (unpaired) electrons. The third-order valence-corrected chi connectivity index (χ3v) is 5.39. The highest BCUT2D eigenvalue weighted by molar-refractivity contribution is 7.16. The van der Waals surface area contributed by atoms with Crippen LogP contribution in [0, 0.1) is 6.92 Å². The number of hydrogen-bond acceptors (Lipinski definition) is 4. The van der Waals surface area contributed by atoms with Crippen LogP contribution in [-0.4, -0.2) is 48.4 Å². The minimum atomic E-state index is 0.0531. The Labute approximate surface area is 152 Å². The first kappa shape index (κ1) is 17.4. The van der Waals surface area contributed by atoms with Gasteiger partial charge in [-0.05, 0) is 31.2 Å². The second kappa shape index (κ2) is 8.12. The van der Waals surface area contributed by atoms with Crippen LogP contribution in [0.3, 0.4) is 0 Å². The number of aryl methyl sites for hydroxylation is 1. The summed E-state index contributed by atoms with van der Waals surface area (Å²) in [6, 6.07) is 11.9. The molecule has 0 saturated carbocycles. The Hall–Kier alpha value is -1.40. The van der Waals surface area contributed by atoms with E-state index < -0.39 is 0 Å². The lowest BCUT2D eigenvalue weighted by Gasteiger charge is -2.34. The number of nitrogens with one attached hydrogen (secondary N) is 1. The maximum atomic E-state index is 12.2. The molecule has 3 rings (SSSR count). The molecule has 1 aromatic heterocycles. The quantitative estimate of drug-likeness (QED) is 0.883. The van der Waals surface area contributed by atoms with Crippen LogP contribution >= 0.6 is 22.9 Å². The standard InChI is InChI=1S/C18H22ClN3OS/c1-14-2-4-15(5-3-14)20-18(23)13-22-10-8-21(9-11-22)12-16-6-7-17(19)24-16/h2-7H,8-13H2,1H3,(H,20,23). The van der Waals surface area contributed by atoms with Gasteiger partial charge in [0.1, 0.15) is 0 Å². The Morgan fingerprint density at radius 1 is 1.08 bits per heavy atom. The summed E-state index contributed by atoms with van der Waals surface area (Å²) in [7, 11) is 0. The van der Waals surface area contributed by atoms with Crippen LogP contribution in [0.2, 0.25) is 4.34 Å². The van der Waals surface area contributed by atoms with E-state index in [9.17, 15) is 4.79 Å². The zero-order valence-corrected chi connectivity index (χ0v) is 15.4. The fraction of sp³-hybridized carbons (Fsp3) is 0.389. The van der Waals surface area contributed by atoms with Crippen molar-refractivity contribution in [1.82, 2.24) is 9.80 Å². The van der Waals surface area contributed by atoms with Crippen LogP contribution in [-0.2, 0) is 11.3 Å². The summed E-state index contributed by atoms with van der Waals surface area (Å²) in [5.41, 5.74) is 2.05. The Bertz CT molecular complexity index is 678. The number of amides is 1. The van der Waals surface area contributed by atoms with Gasteiger partial charge in [-0.3, -0.25) is 14.6 Å². The molecule has 128 valence electrons. The number of thiophene rings is 1. The van der Waals surface area contributed by atoms with Gasteiger partial charge in [0.25, 0.3) is 0 Å². The first-order valence-electron chi connectivity index (χ1n) is 8.14. The van der Waals surface area contributed by atoms with Crippen LogP contribution in [0.4, 0.5) is 5.69 Å². The van der Waals surface area contributed by atoms with E-state index in [0.717, 1.165) is 42.7 Å². The average molecular weight is 364 g/mol. The molecule has 6 heteroatoms. The summed E-state index contributed by atoms with van der Waals surface area (Å²) in [6.07, 6.45) is 0. The van der Waals surface area contributed by atoms with Crippen molar-refractivity contribution >= 4 is 34.5 Å². The summed E-state index contributed by atoms with van der Waals surface area (Å²) < 4.78 is 0.844. The molecule has 1 aliphatic rings. The minimum Gasteiger partial charge on any atom is -0.325 e. The third-order valence-electron chi connectivity index (χ3n) is 4.18. The number of hydrogen-bond donors (Lipinski definition) is 1. The van der Waals surface area contributed by atoms with Crippen LogP contribution in [0.15, 0.2) is 36.4 Å². The number of benzene rings is 1.